The van der Waals surface area contributed by atoms with Gasteiger partial charge in [-0.1, -0.05) is 127 Å². The highest BCUT2D eigenvalue weighted by Gasteiger charge is 2.18. The van der Waals surface area contributed by atoms with Gasteiger partial charge < -0.3 is 4.57 Å². The summed E-state index contributed by atoms with van der Waals surface area (Å²) in [6, 6.07) is 58.7. The van der Waals surface area contributed by atoms with Crippen LogP contribution in [-0.2, 0) is 0 Å². The lowest BCUT2D eigenvalue weighted by molar-refractivity contribution is 1.08. The van der Waals surface area contributed by atoms with Crippen LogP contribution in [0.5, 0.6) is 0 Å². The zero-order chi connectivity index (χ0) is 32.8. The molecule has 11 aromatic rings. The molecule has 0 amide bonds. The van der Waals surface area contributed by atoms with E-state index < -0.39 is 0 Å². The number of para-hydroxylation sites is 3. The van der Waals surface area contributed by atoms with Gasteiger partial charge in [0.15, 0.2) is 5.82 Å². The Morgan fingerprint density at radius 3 is 1.42 bits per heavy atom. The fourth-order valence-electron chi connectivity index (χ4n) is 8.12. The molecular formula is C46H28N4. The minimum atomic E-state index is 0.806. The maximum absolute atomic E-state index is 5.41. The number of aromatic nitrogens is 4. The summed E-state index contributed by atoms with van der Waals surface area (Å²) in [6.07, 6.45) is 1.94. The van der Waals surface area contributed by atoms with E-state index in [1.807, 2.05) is 6.20 Å². The van der Waals surface area contributed by atoms with Gasteiger partial charge in [0.2, 0.25) is 0 Å². The highest BCUT2D eigenvalue weighted by atomic mass is 15.1. The van der Waals surface area contributed by atoms with Crippen LogP contribution in [0.15, 0.2) is 170 Å². The third-order valence-corrected chi connectivity index (χ3v) is 10.3. The van der Waals surface area contributed by atoms with Crippen molar-refractivity contribution in [3.05, 3.63) is 170 Å². The van der Waals surface area contributed by atoms with Gasteiger partial charge in [0.1, 0.15) is 0 Å². The first-order chi connectivity index (χ1) is 24.8. The van der Waals surface area contributed by atoms with E-state index in [0.29, 0.717) is 0 Å². The fourth-order valence-corrected chi connectivity index (χ4v) is 8.12. The van der Waals surface area contributed by atoms with Gasteiger partial charge in [-0.25, -0.2) is 4.98 Å². The molecule has 4 heteroatoms. The van der Waals surface area contributed by atoms with Crippen molar-refractivity contribution in [3.8, 4) is 22.6 Å². The third-order valence-electron chi connectivity index (χ3n) is 10.3. The molecule has 0 radical (unpaired) electrons. The average molecular weight is 637 g/mol. The van der Waals surface area contributed by atoms with Gasteiger partial charge in [0.05, 0.1) is 39.3 Å². The minimum Gasteiger partial charge on any atom is -0.309 e. The molecule has 4 nitrogen and oxygen atoms in total. The van der Waals surface area contributed by atoms with E-state index in [9.17, 15) is 0 Å². The summed E-state index contributed by atoms with van der Waals surface area (Å²) in [6.45, 7) is 0. The first-order valence-corrected chi connectivity index (χ1v) is 17.0. The topological polar surface area (TPSA) is 35.6 Å². The zero-order valence-corrected chi connectivity index (χ0v) is 27.0. The van der Waals surface area contributed by atoms with Crippen LogP contribution in [0.4, 0.5) is 0 Å². The molecule has 50 heavy (non-hydrogen) atoms. The molecule has 232 valence electrons. The molecule has 8 aromatic carbocycles. The third kappa shape index (κ3) is 3.81. The monoisotopic (exact) mass is 636 g/mol. The summed E-state index contributed by atoms with van der Waals surface area (Å²) in [5.74, 6) is 0.806. The van der Waals surface area contributed by atoms with E-state index in [1.54, 1.807) is 0 Å². The molecule has 0 aliphatic heterocycles. The van der Waals surface area contributed by atoms with Gasteiger partial charge in [-0.05, 0) is 58.3 Å². The summed E-state index contributed by atoms with van der Waals surface area (Å²) in [4.78, 5) is 10.5. The molecule has 0 aliphatic carbocycles. The Kier molecular flexibility index (Phi) is 5.63. The Morgan fingerprint density at radius 2 is 0.800 bits per heavy atom. The molecule has 0 unspecified atom stereocenters. The molecule has 0 aliphatic rings. The minimum absolute atomic E-state index is 0.806. The first kappa shape index (κ1) is 27.2. The van der Waals surface area contributed by atoms with Gasteiger partial charge in [-0.15, -0.1) is 0 Å². The predicted octanol–water partition coefficient (Wildman–Crippen LogP) is 11.8. The number of hydrogen-bond donors (Lipinski definition) is 0. The van der Waals surface area contributed by atoms with Gasteiger partial charge in [-0.2, -0.15) is 0 Å². The van der Waals surface area contributed by atoms with E-state index in [1.165, 1.54) is 48.9 Å². The standard InChI is InChI=1S/C46H28N4/c1-2-12-31(13-3-1)49-40-20-10-8-16-34(40)36-24-22-29(26-42(36)49)30-23-25-37-35-17-9-11-21-41(35)50(43(37)27-30)44-28-47-45-38-18-6-4-14-32(38)33-15-5-7-19-39(33)46(45)48-44/h1-28H. The van der Waals surface area contributed by atoms with Crippen LogP contribution < -0.4 is 0 Å². The number of rotatable bonds is 3. The van der Waals surface area contributed by atoms with E-state index >= 15 is 0 Å². The fraction of sp³-hybridized carbons (Fsp3) is 0. The Balaban J connectivity index is 1.17. The lowest BCUT2D eigenvalue weighted by atomic mass is 10.00. The van der Waals surface area contributed by atoms with Crippen molar-refractivity contribution >= 4 is 76.2 Å². The van der Waals surface area contributed by atoms with Crippen molar-refractivity contribution in [1.82, 2.24) is 19.1 Å². The van der Waals surface area contributed by atoms with E-state index in [2.05, 4.69) is 173 Å². The largest absolute Gasteiger partial charge is 0.309 e. The Bertz CT molecular complexity index is 3110. The van der Waals surface area contributed by atoms with Crippen LogP contribution in [0.3, 0.4) is 0 Å². The molecule has 0 atom stereocenters. The second kappa shape index (κ2) is 10.4. The van der Waals surface area contributed by atoms with Crippen LogP contribution in [0, 0.1) is 0 Å². The highest BCUT2D eigenvalue weighted by Crippen LogP contribution is 2.39. The van der Waals surface area contributed by atoms with E-state index in [-0.39, 0.29) is 0 Å². The van der Waals surface area contributed by atoms with Crippen LogP contribution >= 0.6 is 0 Å². The Hall–Kier alpha value is -6.78. The number of fused-ring (bicyclic) bond motifs is 12. The second-order valence-electron chi connectivity index (χ2n) is 13.0. The van der Waals surface area contributed by atoms with Gasteiger partial charge in [0.25, 0.3) is 0 Å². The van der Waals surface area contributed by atoms with Crippen molar-refractivity contribution in [2.45, 2.75) is 0 Å². The van der Waals surface area contributed by atoms with E-state index in [0.717, 1.165) is 49.9 Å². The van der Waals surface area contributed by atoms with Crippen molar-refractivity contribution in [2.75, 3.05) is 0 Å². The van der Waals surface area contributed by atoms with E-state index in [4.69, 9.17) is 9.97 Å². The van der Waals surface area contributed by atoms with Crippen LogP contribution in [-0.4, -0.2) is 19.1 Å². The molecule has 0 N–H and O–H groups in total. The van der Waals surface area contributed by atoms with Crippen LogP contribution in [0.25, 0.3) is 98.8 Å². The SMILES string of the molecule is c1ccc(-n2c3ccccc3c3ccc(-c4ccc5c6ccccc6n(-c6cnc7c8ccccc8c8ccccc8c7n6)c5c4)cc32)cc1. The van der Waals surface area contributed by atoms with Crippen molar-refractivity contribution < 1.29 is 0 Å². The molecule has 0 saturated heterocycles. The molecule has 3 aromatic heterocycles. The molecular weight excluding hydrogens is 609 g/mol. The average Bonchev–Trinajstić information content (AvgIpc) is 3.70. The molecule has 0 saturated carbocycles. The number of nitrogens with zero attached hydrogens (tertiary/aromatic N) is 4. The lowest BCUT2D eigenvalue weighted by Gasteiger charge is -2.12. The number of benzene rings is 8. The molecule has 3 heterocycles. The lowest BCUT2D eigenvalue weighted by Crippen LogP contribution is -2.00. The molecule has 0 bridgehead atoms. The number of hydrogen-bond acceptors (Lipinski definition) is 2. The maximum Gasteiger partial charge on any atom is 0.156 e. The van der Waals surface area contributed by atoms with Crippen LogP contribution in [0.1, 0.15) is 0 Å². The zero-order valence-electron chi connectivity index (χ0n) is 27.0. The second-order valence-corrected chi connectivity index (χ2v) is 13.0. The summed E-state index contributed by atoms with van der Waals surface area (Å²) in [5.41, 5.74) is 9.92. The summed E-state index contributed by atoms with van der Waals surface area (Å²) >= 11 is 0. The highest BCUT2D eigenvalue weighted by molar-refractivity contribution is 6.23. The first-order valence-electron chi connectivity index (χ1n) is 17.0. The smallest absolute Gasteiger partial charge is 0.156 e. The van der Waals surface area contributed by atoms with Gasteiger partial charge >= 0.3 is 0 Å². The summed E-state index contributed by atoms with van der Waals surface area (Å²) in [7, 11) is 0. The molecule has 0 fully saturated rings. The summed E-state index contributed by atoms with van der Waals surface area (Å²) < 4.78 is 4.66. The Labute approximate surface area is 287 Å². The predicted molar refractivity (Wildman–Crippen MR) is 209 cm³/mol. The van der Waals surface area contributed by atoms with Gasteiger partial charge in [0, 0.05) is 38.0 Å². The normalized spacial score (nSPS) is 12.0. The Morgan fingerprint density at radius 1 is 0.340 bits per heavy atom. The summed E-state index contributed by atoms with van der Waals surface area (Å²) in [5, 5.41) is 9.50. The van der Waals surface area contributed by atoms with Crippen molar-refractivity contribution in [1.29, 1.82) is 0 Å². The molecule has 0 spiro atoms. The molecule has 11 rings (SSSR count). The van der Waals surface area contributed by atoms with Crippen molar-refractivity contribution in [3.63, 3.8) is 0 Å². The van der Waals surface area contributed by atoms with Gasteiger partial charge in [-0.3, -0.25) is 9.55 Å². The maximum atomic E-state index is 5.41. The van der Waals surface area contributed by atoms with Crippen molar-refractivity contribution in [2.24, 2.45) is 0 Å². The quantitative estimate of drug-likeness (QED) is 0.181. The van der Waals surface area contributed by atoms with Crippen LogP contribution in [0.2, 0.25) is 0 Å².